The normalized spacial score (nSPS) is 13.7. The molecule has 19 heavy (non-hydrogen) atoms. The van der Waals surface area contributed by atoms with E-state index in [0.717, 1.165) is 18.4 Å². The summed E-state index contributed by atoms with van der Waals surface area (Å²) >= 11 is 1.91. The molecular formula is C15H33N3S. The maximum Gasteiger partial charge on any atom is 0.191 e. The van der Waals surface area contributed by atoms with Crippen LogP contribution in [0.3, 0.4) is 0 Å². The number of nitrogens with one attached hydrogen (secondary N) is 2. The van der Waals surface area contributed by atoms with Gasteiger partial charge in [0.1, 0.15) is 0 Å². The van der Waals surface area contributed by atoms with Gasteiger partial charge in [0.25, 0.3) is 0 Å². The molecule has 0 aliphatic carbocycles. The second kappa shape index (κ2) is 12.6. The molecule has 2 N–H and O–H groups in total. The van der Waals surface area contributed by atoms with Crippen molar-refractivity contribution in [2.45, 2.75) is 58.9 Å². The van der Waals surface area contributed by atoms with Crippen LogP contribution in [0.25, 0.3) is 0 Å². The Bertz CT molecular complexity index is 229. The average Bonchev–Trinajstić information content (AvgIpc) is 2.36. The van der Waals surface area contributed by atoms with Gasteiger partial charge in [-0.1, -0.05) is 26.7 Å². The first-order valence-electron chi connectivity index (χ1n) is 7.56. The number of hydrogen-bond acceptors (Lipinski definition) is 2. The van der Waals surface area contributed by atoms with Crippen LogP contribution in [0.4, 0.5) is 0 Å². The van der Waals surface area contributed by atoms with E-state index in [4.69, 9.17) is 0 Å². The Balaban J connectivity index is 3.67. The molecule has 1 atom stereocenters. The van der Waals surface area contributed by atoms with Gasteiger partial charge in [-0.3, -0.25) is 4.99 Å². The minimum Gasteiger partial charge on any atom is -0.356 e. The predicted octanol–water partition coefficient (Wildman–Crippen LogP) is 3.51. The van der Waals surface area contributed by atoms with Crippen LogP contribution in [0, 0.1) is 5.92 Å². The fourth-order valence-electron chi connectivity index (χ4n) is 1.91. The molecule has 4 heteroatoms. The summed E-state index contributed by atoms with van der Waals surface area (Å²) < 4.78 is 0. The van der Waals surface area contributed by atoms with Crippen LogP contribution in [0.15, 0.2) is 4.99 Å². The van der Waals surface area contributed by atoms with E-state index < -0.39 is 0 Å². The van der Waals surface area contributed by atoms with E-state index in [1.807, 2.05) is 18.8 Å². The Kier molecular flexibility index (Phi) is 12.4. The highest BCUT2D eigenvalue weighted by atomic mass is 32.2. The summed E-state index contributed by atoms with van der Waals surface area (Å²) in [5.74, 6) is 3.00. The van der Waals surface area contributed by atoms with Crippen molar-refractivity contribution >= 4 is 17.7 Å². The number of hydrogen-bond donors (Lipinski definition) is 2. The van der Waals surface area contributed by atoms with Gasteiger partial charge in [-0.25, -0.2) is 0 Å². The quantitative estimate of drug-likeness (QED) is 0.367. The summed E-state index contributed by atoms with van der Waals surface area (Å²) in [7, 11) is 1.85. The second-order valence-electron chi connectivity index (χ2n) is 5.57. The third kappa shape index (κ3) is 12.4. The lowest BCUT2D eigenvalue weighted by Crippen LogP contribution is -2.42. The summed E-state index contributed by atoms with van der Waals surface area (Å²) in [4.78, 5) is 4.28. The third-order valence-corrected chi connectivity index (χ3v) is 3.79. The van der Waals surface area contributed by atoms with Crippen LogP contribution in [-0.2, 0) is 0 Å². The molecule has 0 saturated heterocycles. The smallest absolute Gasteiger partial charge is 0.191 e. The summed E-state index contributed by atoms with van der Waals surface area (Å²) in [5, 5.41) is 6.85. The maximum atomic E-state index is 4.28. The Hall–Kier alpha value is -0.380. The number of guanidine groups is 1. The van der Waals surface area contributed by atoms with E-state index in [9.17, 15) is 0 Å². The molecule has 0 heterocycles. The molecule has 0 aromatic rings. The van der Waals surface area contributed by atoms with Crippen molar-refractivity contribution in [1.82, 2.24) is 10.6 Å². The van der Waals surface area contributed by atoms with Gasteiger partial charge in [-0.15, -0.1) is 0 Å². The van der Waals surface area contributed by atoms with E-state index in [2.05, 4.69) is 42.7 Å². The van der Waals surface area contributed by atoms with E-state index in [0.29, 0.717) is 6.04 Å². The van der Waals surface area contributed by atoms with E-state index in [1.54, 1.807) is 0 Å². The minimum atomic E-state index is 0.496. The number of rotatable bonds is 10. The zero-order valence-corrected chi connectivity index (χ0v) is 14.3. The van der Waals surface area contributed by atoms with Gasteiger partial charge in [-0.05, 0) is 44.1 Å². The highest BCUT2D eigenvalue weighted by Gasteiger charge is 2.05. The number of nitrogens with zero attached hydrogens (tertiary/aromatic N) is 1. The number of thioether (sulfide) groups is 1. The zero-order chi connectivity index (χ0) is 14.5. The lowest BCUT2D eigenvalue weighted by molar-refractivity contribution is 0.491. The van der Waals surface area contributed by atoms with Crippen molar-refractivity contribution in [1.29, 1.82) is 0 Å². The van der Waals surface area contributed by atoms with E-state index in [-0.39, 0.29) is 0 Å². The van der Waals surface area contributed by atoms with Crippen molar-refractivity contribution in [2.24, 2.45) is 10.9 Å². The standard InChI is InChI=1S/C15H33N3S/c1-13(2)9-8-10-14(3)18-15(16-4)17-11-6-7-12-19-5/h13-14H,6-12H2,1-5H3,(H2,16,17,18). The van der Waals surface area contributed by atoms with E-state index >= 15 is 0 Å². The fourth-order valence-corrected chi connectivity index (χ4v) is 2.40. The Labute approximate surface area is 124 Å². The van der Waals surface area contributed by atoms with Crippen LogP contribution in [0.5, 0.6) is 0 Å². The van der Waals surface area contributed by atoms with Crippen LogP contribution in [0.1, 0.15) is 52.9 Å². The summed E-state index contributed by atoms with van der Waals surface area (Å²) in [6.45, 7) is 7.82. The van der Waals surface area contributed by atoms with Crippen LogP contribution in [0.2, 0.25) is 0 Å². The van der Waals surface area contributed by atoms with Gasteiger partial charge in [0.05, 0.1) is 0 Å². The van der Waals surface area contributed by atoms with Crippen molar-refractivity contribution in [3.05, 3.63) is 0 Å². The first-order valence-corrected chi connectivity index (χ1v) is 8.95. The first kappa shape index (κ1) is 18.6. The van der Waals surface area contributed by atoms with Crippen molar-refractivity contribution < 1.29 is 0 Å². The second-order valence-corrected chi connectivity index (χ2v) is 6.55. The monoisotopic (exact) mass is 287 g/mol. The van der Waals surface area contributed by atoms with Crippen molar-refractivity contribution in [3.63, 3.8) is 0 Å². The summed E-state index contributed by atoms with van der Waals surface area (Å²) in [6, 6.07) is 0.496. The molecule has 0 fully saturated rings. The fraction of sp³-hybridized carbons (Fsp3) is 0.933. The molecule has 114 valence electrons. The topological polar surface area (TPSA) is 36.4 Å². The summed E-state index contributed by atoms with van der Waals surface area (Å²) in [6.07, 6.45) is 8.46. The maximum absolute atomic E-state index is 4.28. The molecule has 0 aromatic carbocycles. The Morgan fingerprint density at radius 1 is 1.11 bits per heavy atom. The van der Waals surface area contributed by atoms with Crippen molar-refractivity contribution in [2.75, 3.05) is 25.6 Å². The van der Waals surface area contributed by atoms with Gasteiger partial charge in [0.15, 0.2) is 5.96 Å². The zero-order valence-electron chi connectivity index (χ0n) is 13.5. The molecule has 0 aliphatic rings. The average molecular weight is 288 g/mol. The molecule has 0 aromatic heterocycles. The number of unbranched alkanes of at least 4 members (excludes halogenated alkanes) is 1. The van der Waals surface area contributed by atoms with Crippen LogP contribution < -0.4 is 10.6 Å². The molecule has 0 saturated carbocycles. The SMILES string of the molecule is CN=C(NCCCCSC)NC(C)CCCC(C)C. The molecule has 0 bridgehead atoms. The van der Waals surface area contributed by atoms with Crippen LogP contribution in [-0.4, -0.2) is 37.6 Å². The Morgan fingerprint density at radius 3 is 2.42 bits per heavy atom. The molecular weight excluding hydrogens is 254 g/mol. The predicted molar refractivity (Wildman–Crippen MR) is 90.3 cm³/mol. The highest BCUT2D eigenvalue weighted by Crippen LogP contribution is 2.08. The lowest BCUT2D eigenvalue weighted by atomic mass is 10.0. The lowest BCUT2D eigenvalue weighted by Gasteiger charge is -2.18. The van der Waals surface area contributed by atoms with Gasteiger partial charge in [-0.2, -0.15) is 11.8 Å². The van der Waals surface area contributed by atoms with Gasteiger partial charge in [0.2, 0.25) is 0 Å². The van der Waals surface area contributed by atoms with Gasteiger partial charge in [0, 0.05) is 19.6 Å². The van der Waals surface area contributed by atoms with Crippen molar-refractivity contribution in [3.8, 4) is 0 Å². The first-order chi connectivity index (χ1) is 9.10. The molecule has 1 unspecified atom stereocenters. The molecule has 0 amide bonds. The summed E-state index contributed by atoms with van der Waals surface area (Å²) in [5.41, 5.74) is 0. The Morgan fingerprint density at radius 2 is 1.84 bits per heavy atom. The largest absolute Gasteiger partial charge is 0.356 e. The molecule has 3 nitrogen and oxygen atoms in total. The van der Waals surface area contributed by atoms with Gasteiger partial charge >= 0.3 is 0 Å². The highest BCUT2D eigenvalue weighted by molar-refractivity contribution is 7.98. The molecule has 0 rings (SSSR count). The molecule has 0 spiro atoms. The van der Waals surface area contributed by atoms with E-state index in [1.165, 1.54) is 37.9 Å². The third-order valence-electron chi connectivity index (χ3n) is 3.09. The number of aliphatic imine (C=N–C) groups is 1. The van der Waals surface area contributed by atoms with Gasteiger partial charge < -0.3 is 10.6 Å². The van der Waals surface area contributed by atoms with Crippen LogP contribution >= 0.6 is 11.8 Å². The molecule has 0 radical (unpaired) electrons. The molecule has 0 aliphatic heterocycles. The minimum absolute atomic E-state index is 0.496.